The summed E-state index contributed by atoms with van der Waals surface area (Å²) in [5, 5.41) is 0. The van der Waals surface area contributed by atoms with E-state index in [4.69, 9.17) is 4.42 Å². The Hall–Kier alpha value is -2.63. The number of rotatable bonds is 5. The first kappa shape index (κ1) is 18.2. The molecule has 2 aromatic rings. The predicted molar refractivity (Wildman–Crippen MR) is 97.5 cm³/mol. The lowest BCUT2D eigenvalue weighted by Gasteiger charge is -2.31. The van der Waals surface area contributed by atoms with Crippen LogP contribution in [0.25, 0.3) is 0 Å². The van der Waals surface area contributed by atoms with Crippen molar-refractivity contribution >= 4 is 11.8 Å². The molecular weight excluding hydrogens is 330 g/mol. The average molecular weight is 355 g/mol. The molecule has 6 nitrogen and oxygen atoms in total. The Morgan fingerprint density at radius 2 is 2.04 bits per heavy atom. The predicted octanol–water partition coefficient (Wildman–Crippen LogP) is 2.89. The summed E-state index contributed by atoms with van der Waals surface area (Å²) < 4.78 is 5.30. The normalized spacial score (nSPS) is 18.1. The number of carbonyl (C=O) groups excluding carboxylic acids is 2. The number of hydrogen-bond acceptors (Lipinski definition) is 4. The van der Waals surface area contributed by atoms with Gasteiger partial charge in [0.05, 0.1) is 0 Å². The van der Waals surface area contributed by atoms with E-state index >= 15 is 0 Å². The molecule has 1 aliphatic heterocycles. The molecule has 1 aromatic heterocycles. The molecule has 0 N–H and O–H groups in total. The highest BCUT2D eigenvalue weighted by Gasteiger charge is 2.32. The summed E-state index contributed by atoms with van der Waals surface area (Å²) in [6.45, 7) is 5.49. The molecule has 26 heavy (non-hydrogen) atoms. The second-order valence-corrected chi connectivity index (χ2v) is 6.55. The highest BCUT2D eigenvalue weighted by molar-refractivity contribution is 5.93. The molecule has 1 atom stereocenters. The number of nitrogens with zero attached hydrogens (tertiary/aromatic N) is 3. The van der Waals surface area contributed by atoms with Crippen LogP contribution in [0.3, 0.4) is 0 Å². The van der Waals surface area contributed by atoms with Crippen molar-refractivity contribution in [1.82, 2.24) is 14.8 Å². The van der Waals surface area contributed by atoms with Gasteiger partial charge in [0.2, 0.25) is 5.91 Å². The van der Waals surface area contributed by atoms with Crippen molar-refractivity contribution < 1.29 is 14.0 Å². The van der Waals surface area contributed by atoms with Crippen molar-refractivity contribution in [2.45, 2.75) is 45.7 Å². The van der Waals surface area contributed by atoms with Crippen molar-refractivity contribution in [3.05, 3.63) is 53.7 Å². The van der Waals surface area contributed by atoms with Crippen LogP contribution in [0.2, 0.25) is 0 Å². The lowest BCUT2D eigenvalue weighted by Crippen LogP contribution is -2.44. The topological polar surface area (TPSA) is 66.7 Å². The Balaban J connectivity index is 1.79. The molecule has 1 fully saturated rings. The fourth-order valence-corrected chi connectivity index (χ4v) is 3.40. The maximum absolute atomic E-state index is 12.9. The van der Waals surface area contributed by atoms with Crippen LogP contribution in [0.4, 0.5) is 0 Å². The summed E-state index contributed by atoms with van der Waals surface area (Å²) in [5.74, 6) is 0.537. The number of hydrogen-bond donors (Lipinski definition) is 0. The first-order chi connectivity index (χ1) is 12.6. The fourth-order valence-electron chi connectivity index (χ4n) is 3.40. The van der Waals surface area contributed by atoms with E-state index in [0.717, 1.165) is 12.0 Å². The van der Waals surface area contributed by atoms with Gasteiger partial charge in [-0.05, 0) is 12.0 Å². The minimum atomic E-state index is -0.150. The van der Waals surface area contributed by atoms with Gasteiger partial charge in [-0.1, -0.05) is 44.2 Å². The molecule has 138 valence electrons. The number of oxazole rings is 1. The summed E-state index contributed by atoms with van der Waals surface area (Å²) in [5.41, 5.74) is 1.47. The van der Waals surface area contributed by atoms with Gasteiger partial charge in [-0.2, -0.15) is 0 Å². The van der Waals surface area contributed by atoms with E-state index in [1.807, 2.05) is 42.2 Å². The van der Waals surface area contributed by atoms with Gasteiger partial charge in [-0.3, -0.25) is 9.59 Å². The Labute approximate surface area is 153 Å². The first-order valence-corrected chi connectivity index (χ1v) is 9.19. The van der Waals surface area contributed by atoms with Gasteiger partial charge in [-0.15, -0.1) is 0 Å². The van der Waals surface area contributed by atoms with E-state index in [1.54, 1.807) is 4.90 Å². The van der Waals surface area contributed by atoms with Crippen LogP contribution in [0, 0.1) is 0 Å². The third-order valence-corrected chi connectivity index (χ3v) is 4.91. The Morgan fingerprint density at radius 1 is 1.27 bits per heavy atom. The van der Waals surface area contributed by atoms with Crippen LogP contribution in [-0.4, -0.2) is 45.7 Å². The van der Waals surface area contributed by atoms with Crippen molar-refractivity contribution in [2.24, 2.45) is 0 Å². The lowest BCUT2D eigenvalue weighted by atomic mass is 10.1. The maximum Gasteiger partial charge on any atom is 0.276 e. The first-order valence-electron chi connectivity index (χ1n) is 9.19. The molecule has 0 radical (unpaired) electrons. The van der Waals surface area contributed by atoms with Crippen LogP contribution in [0.1, 0.15) is 48.5 Å². The molecule has 0 saturated carbocycles. The van der Waals surface area contributed by atoms with Gasteiger partial charge < -0.3 is 14.2 Å². The Morgan fingerprint density at radius 3 is 2.73 bits per heavy atom. The van der Waals surface area contributed by atoms with Crippen molar-refractivity contribution in [3.63, 3.8) is 0 Å². The van der Waals surface area contributed by atoms with Gasteiger partial charge in [0.1, 0.15) is 5.76 Å². The van der Waals surface area contributed by atoms with E-state index in [1.165, 1.54) is 6.39 Å². The van der Waals surface area contributed by atoms with Crippen LogP contribution < -0.4 is 0 Å². The molecule has 0 bridgehead atoms. The van der Waals surface area contributed by atoms with Gasteiger partial charge in [-0.25, -0.2) is 4.98 Å². The second kappa shape index (κ2) is 8.17. The molecule has 1 aliphatic rings. The second-order valence-electron chi connectivity index (χ2n) is 6.55. The Bertz CT molecular complexity index is 757. The lowest BCUT2D eigenvalue weighted by molar-refractivity contribution is -0.133. The molecule has 1 saturated heterocycles. The van der Waals surface area contributed by atoms with Crippen molar-refractivity contribution in [3.8, 4) is 0 Å². The molecular formula is C20H25N3O3. The molecule has 1 aromatic carbocycles. The zero-order valence-corrected chi connectivity index (χ0v) is 15.4. The van der Waals surface area contributed by atoms with Crippen LogP contribution >= 0.6 is 0 Å². The minimum absolute atomic E-state index is 0.00821. The largest absolute Gasteiger partial charge is 0.448 e. The third-order valence-electron chi connectivity index (χ3n) is 4.91. The smallest absolute Gasteiger partial charge is 0.276 e. The molecule has 0 spiro atoms. The molecule has 0 unspecified atom stereocenters. The highest BCUT2D eigenvalue weighted by Crippen LogP contribution is 2.20. The van der Waals surface area contributed by atoms with E-state index < -0.39 is 0 Å². The summed E-state index contributed by atoms with van der Waals surface area (Å²) in [4.78, 5) is 33.4. The molecule has 6 heteroatoms. The standard InChI is InChI=1S/C20H25N3O3/c1-3-16-13-22(20(25)19-17(4-2)26-14-21-19)11-10-18(24)23(16)12-15-8-6-5-7-9-15/h5-9,14,16H,3-4,10-13H2,1-2H3/t16-/m1/s1. The third kappa shape index (κ3) is 3.79. The van der Waals surface area contributed by atoms with Crippen LogP contribution in [-0.2, 0) is 17.8 Å². The van der Waals surface area contributed by atoms with E-state index in [-0.39, 0.29) is 17.9 Å². The number of benzene rings is 1. The number of aryl methyl sites for hydroxylation is 1. The molecule has 3 rings (SSSR count). The van der Waals surface area contributed by atoms with Gasteiger partial charge >= 0.3 is 0 Å². The average Bonchev–Trinajstić information content (AvgIpc) is 3.09. The summed E-state index contributed by atoms with van der Waals surface area (Å²) in [7, 11) is 0. The highest BCUT2D eigenvalue weighted by atomic mass is 16.3. The molecule has 2 heterocycles. The van der Waals surface area contributed by atoms with E-state index in [9.17, 15) is 9.59 Å². The summed E-state index contributed by atoms with van der Waals surface area (Å²) >= 11 is 0. The van der Waals surface area contributed by atoms with Gasteiger partial charge in [0.15, 0.2) is 12.1 Å². The van der Waals surface area contributed by atoms with E-state index in [0.29, 0.717) is 43.9 Å². The molecule has 0 aliphatic carbocycles. The van der Waals surface area contributed by atoms with Crippen molar-refractivity contribution in [2.75, 3.05) is 13.1 Å². The number of amides is 2. The fraction of sp³-hybridized carbons (Fsp3) is 0.450. The van der Waals surface area contributed by atoms with Gasteiger partial charge in [0, 0.05) is 38.5 Å². The number of aromatic nitrogens is 1. The molecule has 2 amide bonds. The minimum Gasteiger partial charge on any atom is -0.448 e. The Kier molecular flexibility index (Phi) is 5.71. The zero-order valence-electron chi connectivity index (χ0n) is 15.4. The van der Waals surface area contributed by atoms with Crippen molar-refractivity contribution in [1.29, 1.82) is 0 Å². The quantitative estimate of drug-likeness (QED) is 0.827. The maximum atomic E-state index is 12.9. The van der Waals surface area contributed by atoms with Crippen LogP contribution in [0.5, 0.6) is 0 Å². The summed E-state index contributed by atoms with van der Waals surface area (Å²) in [6.07, 6.45) is 3.05. The summed E-state index contributed by atoms with van der Waals surface area (Å²) in [6, 6.07) is 9.96. The number of carbonyl (C=O) groups is 2. The SMILES string of the molecule is CCc1ocnc1C(=O)N1CCC(=O)N(Cc2ccccc2)[C@H](CC)C1. The zero-order chi connectivity index (χ0) is 18.5. The van der Waals surface area contributed by atoms with E-state index in [2.05, 4.69) is 11.9 Å². The van der Waals surface area contributed by atoms with Gasteiger partial charge in [0.25, 0.3) is 5.91 Å². The monoisotopic (exact) mass is 355 g/mol. The van der Waals surface area contributed by atoms with Crippen LogP contribution in [0.15, 0.2) is 41.1 Å².